The Balaban J connectivity index is 0.000000146. The quantitative estimate of drug-likeness (QED) is 0.591. The maximum absolute atomic E-state index is 4.14. The minimum atomic E-state index is 1.03. The molecule has 0 unspecified atom stereocenters. The van der Waals surface area contributed by atoms with Crippen LogP contribution in [-0.4, -0.2) is 0 Å². The third kappa shape index (κ3) is 6.00. The summed E-state index contributed by atoms with van der Waals surface area (Å²) in [6.07, 6.45) is 21.1. The molecule has 0 saturated carbocycles. The van der Waals surface area contributed by atoms with E-state index in [9.17, 15) is 0 Å². The Labute approximate surface area is 95.1 Å². The fourth-order valence-electron chi connectivity index (χ4n) is 1.29. The molecule has 0 spiro atoms. The van der Waals surface area contributed by atoms with E-state index < -0.39 is 0 Å². The van der Waals surface area contributed by atoms with Gasteiger partial charge >= 0.3 is 44.9 Å². The fourth-order valence-corrected chi connectivity index (χ4v) is 1.51. The molecule has 1 heteroatoms. The van der Waals surface area contributed by atoms with Crippen molar-refractivity contribution in [2.45, 2.75) is 32.1 Å². The van der Waals surface area contributed by atoms with Crippen molar-refractivity contribution in [1.82, 2.24) is 0 Å². The minimum absolute atomic E-state index is 1.03. The van der Waals surface area contributed by atoms with E-state index in [2.05, 4.69) is 46.1 Å². The predicted molar refractivity (Wildman–Crippen MR) is 58.6 cm³/mol. The first-order chi connectivity index (χ1) is 6.89. The van der Waals surface area contributed by atoms with Gasteiger partial charge in [0.25, 0.3) is 0 Å². The number of rotatable bonds is 0. The van der Waals surface area contributed by atoms with Gasteiger partial charge in [0.05, 0.1) is 0 Å². The predicted octanol–water partition coefficient (Wildman–Crippen LogP) is 4.05. The van der Waals surface area contributed by atoms with E-state index in [4.69, 9.17) is 0 Å². The van der Waals surface area contributed by atoms with Crippen LogP contribution in [-0.2, 0) is 15.7 Å². The molecule has 0 bridgehead atoms. The summed E-state index contributed by atoms with van der Waals surface area (Å²) in [5.74, 6) is 0. The number of hydrogen-bond donors (Lipinski definition) is 0. The number of allylic oxidation sites excluding steroid dienone is 8. The molecule has 2 aliphatic carbocycles. The van der Waals surface area contributed by atoms with Crippen molar-refractivity contribution < 1.29 is 15.7 Å². The summed E-state index contributed by atoms with van der Waals surface area (Å²) < 4.78 is 1.16. The molecule has 0 aliphatic heterocycles. The van der Waals surface area contributed by atoms with Gasteiger partial charge in [-0.2, -0.15) is 0 Å². The molecule has 2 rings (SSSR count). The molecule has 0 saturated heterocycles. The average Bonchev–Trinajstić information content (AvgIpc) is 2.55. The second-order valence-corrected chi connectivity index (χ2v) is 4.03. The molecular formula is C13H17Co. The second-order valence-electron chi connectivity index (χ2n) is 3.36. The van der Waals surface area contributed by atoms with Crippen molar-refractivity contribution >= 4 is 0 Å². The molecule has 0 heterocycles. The van der Waals surface area contributed by atoms with Crippen molar-refractivity contribution in [3.05, 3.63) is 47.0 Å². The topological polar surface area (TPSA) is 0 Å². The van der Waals surface area contributed by atoms with Gasteiger partial charge < -0.3 is 0 Å². The maximum atomic E-state index is 4.14. The van der Waals surface area contributed by atoms with Crippen LogP contribution in [0.5, 0.6) is 0 Å². The molecule has 0 amide bonds. The van der Waals surface area contributed by atoms with Crippen molar-refractivity contribution in [3.63, 3.8) is 0 Å². The Morgan fingerprint density at radius 2 is 1.50 bits per heavy atom. The van der Waals surface area contributed by atoms with Gasteiger partial charge in [-0.15, -0.1) is 0 Å². The van der Waals surface area contributed by atoms with Crippen LogP contribution in [0.15, 0.2) is 47.0 Å². The van der Waals surface area contributed by atoms with Gasteiger partial charge in [0.15, 0.2) is 0 Å². The Morgan fingerprint density at radius 3 is 1.86 bits per heavy atom. The monoisotopic (exact) mass is 232 g/mol. The van der Waals surface area contributed by atoms with E-state index in [1.165, 1.54) is 25.7 Å². The van der Waals surface area contributed by atoms with Crippen molar-refractivity contribution in [3.8, 4) is 0 Å². The van der Waals surface area contributed by atoms with Crippen LogP contribution in [0.25, 0.3) is 0 Å². The normalized spacial score (nSPS) is 19.4. The van der Waals surface area contributed by atoms with Crippen LogP contribution >= 0.6 is 0 Å². The third-order valence-electron chi connectivity index (χ3n) is 2.08. The van der Waals surface area contributed by atoms with Gasteiger partial charge in [-0.3, -0.25) is 0 Å². The van der Waals surface area contributed by atoms with Crippen molar-refractivity contribution in [2.75, 3.05) is 0 Å². The van der Waals surface area contributed by atoms with Crippen LogP contribution in [0.2, 0.25) is 0 Å². The van der Waals surface area contributed by atoms with Gasteiger partial charge in [-0.25, -0.2) is 0 Å². The molecule has 78 valence electrons. The van der Waals surface area contributed by atoms with Crippen molar-refractivity contribution in [1.29, 1.82) is 0 Å². The summed E-state index contributed by atoms with van der Waals surface area (Å²) in [5.41, 5.74) is 0. The van der Waals surface area contributed by atoms with E-state index in [1.807, 2.05) is 12.2 Å². The first kappa shape index (κ1) is 11.5. The molecule has 14 heavy (non-hydrogen) atoms. The van der Waals surface area contributed by atoms with Gasteiger partial charge in [0, 0.05) is 0 Å². The van der Waals surface area contributed by atoms with E-state index in [1.54, 1.807) is 0 Å². The summed E-state index contributed by atoms with van der Waals surface area (Å²) in [6, 6.07) is 0. The zero-order valence-corrected chi connectivity index (χ0v) is 9.45. The molecule has 0 aromatic carbocycles. The fraction of sp³-hybridized carbons (Fsp3) is 0.385. The Kier molecular flexibility index (Phi) is 6.46. The van der Waals surface area contributed by atoms with Gasteiger partial charge in [-0.05, 0) is 25.7 Å². The second kappa shape index (κ2) is 7.83. The first-order valence-electron chi connectivity index (χ1n) is 5.20. The van der Waals surface area contributed by atoms with E-state index >= 15 is 0 Å². The summed E-state index contributed by atoms with van der Waals surface area (Å²) in [4.78, 5) is 0. The summed E-state index contributed by atoms with van der Waals surface area (Å²) in [5, 5.41) is 0. The van der Waals surface area contributed by atoms with Crippen LogP contribution in [0, 0.1) is 0 Å². The van der Waals surface area contributed by atoms with Crippen molar-refractivity contribution in [2.24, 2.45) is 0 Å². The molecular weight excluding hydrogens is 215 g/mol. The molecule has 0 fully saturated rings. The van der Waals surface area contributed by atoms with Gasteiger partial charge in [-0.1, -0.05) is 24.3 Å². The van der Waals surface area contributed by atoms with Gasteiger partial charge in [0.2, 0.25) is 0 Å². The summed E-state index contributed by atoms with van der Waals surface area (Å²) in [6.45, 7) is 0. The third-order valence-corrected chi connectivity index (χ3v) is 2.47. The molecule has 0 radical (unpaired) electrons. The number of hydrogen-bond acceptors (Lipinski definition) is 0. The zero-order valence-electron chi connectivity index (χ0n) is 8.41. The first-order valence-corrected chi connectivity index (χ1v) is 5.72. The molecule has 0 aromatic heterocycles. The van der Waals surface area contributed by atoms with Crippen LogP contribution in [0.3, 0.4) is 0 Å². The Bertz CT molecular complexity index is 242. The molecule has 0 atom stereocenters. The Hall–Kier alpha value is -0.534. The zero-order chi connectivity index (χ0) is 10.1. The van der Waals surface area contributed by atoms with E-state index in [-0.39, 0.29) is 0 Å². The SMILES string of the molecule is C1=CCCCCC=C1.[Co][C]1=CC=CC1. The van der Waals surface area contributed by atoms with E-state index in [0.717, 1.165) is 10.9 Å². The standard InChI is InChI=1S/C8H12.C5H5.Co/c1-2-4-6-8-7-5-3-1;1-2-4-5-3-1;/h1-4H,5-8H2;1-3H,4H2;. The summed E-state index contributed by atoms with van der Waals surface area (Å²) in [7, 11) is 0. The van der Waals surface area contributed by atoms with Gasteiger partial charge in [0.1, 0.15) is 0 Å². The summed E-state index contributed by atoms with van der Waals surface area (Å²) >= 11 is 4.14. The van der Waals surface area contributed by atoms with Crippen LogP contribution < -0.4 is 0 Å². The Morgan fingerprint density at radius 1 is 0.857 bits per heavy atom. The van der Waals surface area contributed by atoms with E-state index in [0.29, 0.717) is 0 Å². The molecule has 0 N–H and O–H groups in total. The molecule has 0 nitrogen and oxygen atoms in total. The molecule has 0 aromatic rings. The van der Waals surface area contributed by atoms with Crippen LogP contribution in [0.4, 0.5) is 0 Å². The molecule has 2 aliphatic rings. The average molecular weight is 232 g/mol. The van der Waals surface area contributed by atoms with Crippen LogP contribution in [0.1, 0.15) is 32.1 Å².